The van der Waals surface area contributed by atoms with Gasteiger partial charge < -0.3 is 19.1 Å². The van der Waals surface area contributed by atoms with E-state index in [0.29, 0.717) is 17.2 Å². The molecule has 0 radical (unpaired) electrons. The summed E-state index contributed by atoms with van der Waals surface area (Å²) < 4.78 is 16.2. The van der Waals surface area contributed by atoms with Crippen molar-refractivity contribution in [3.05, 3.63) is 54.6 Å². The Morgan fingerprint density at radius 3 is 2.56 bits per heavy atom. The molecule has 138 valence electrons. The van der Waals surface area contributed by atoms with E-state index in [2.05, 4.69) is 0 Å². The Kier molecular flexibility index (Phi) is 5.90. The quantitative estimate of drug-likeness (QED) is 0.729. The van der Waals surface area contributed by atoms with Crippen molar-refractivity contribution >= 4 is 17.6 Å². The lowest BCUT2D eigenvalue weighted by Crippen LogP contribution is -2.41. The van der Waals surface area contributed by atoms with Gasteiger partial charge in [0.1, 0.15) is 6.61 Å². The highest BCUT2D eigenvalue weighted by molar-refractivity contribution is 5.95. The summed E-state index contributed by atoms with van der Waals surface area (Å²) in [5.74, 6) is -0.0746. The van der Waals surface area contributed by atoms with Crippen LogP contribution in [0.3, 0.4) is 0 Å². The summed E-state index contributed by atoms with van der Waals surface area (Å²) in [4.78, 5) is 26.2. The van der Waals surface area contributed by atoms with Gasteiger partial charge in [0, 0.05) is 12.2 Å². The second kappa shape index (κ2) is 8.72. The van der Waals surface area contributed by atoms with Gasteiger partial charge in [-0.25, -0.2) is 4.79 Å². The molecule has 0 N–H and O–H groups in total. The van der Waals surface area contributed by atoms with Gasteiger partial charge in [-0.15, -0.1) is 0 Å². The standard InChI is InChI=1S/C20H18N2O5/c21-11-6-12-22(15-7-2-1-3-8-15)19(23)14-26-20(24)18-13-25-16-9-4-5-10-17(16)27-18/h1-5,7-10,18H,6,12-14H2/t18-/m0/s1. The molecule has 0 saturated heterocycles. The number of nitrogens with zero attached hydrogens (tertiary/aromatic N) is 2. The summed E-state index contributed by atoms with van der Waals surface area (Å²) in [6.45, 7) is -0.213. The van der Waals surface area contributed by atoms with Crippen LogP contribution in [-0.4, -0.2) is 37.7 Å². The molecule has 0 fully saturated rings. The van der Waals surface area contributed by atoms with Crippen LogP contribution in [0.1, 0.15) is 6.42 Å². The van der Waals surface area contributed by atoms with Crippen LogP contribution in [0.15, 0.2) is 54.6 Å². The molecular weight excluding hydrogens is 348 g/mol. The summed E-state index contributed by atoms with van der Waals surface area (Å²) in [5.41, 5.74) is 0.639. The number of para-hydroxylation sites is 3. The molecule has 1 heterocycles. The van der Waals surface area contributed by atoms with Crippen molar-refractivity contribution in [3.8, 4) is 17.6 Å². The maximum absolute atomic E-state index is 12.5. The lowest BCUT2D eigenvalue weighted by molar-refractivity contribution is -0.157. The van der Waals surface area contributed by atoms with Crippen molar-refractivity contribution < 1.29 is 23.8 Å². The van der Waals surface area contributed by atoms with Gasteiger partial charge in [-0.3, -0.25) is 4.79 Å². The van der Waals surface area contributed by atoms with Crippen molar-refractivity contribution in [2.24, 2.45) is 0 Å². The molecular formula is C20H18N2O5. The third kappa shape index (κ3) is 4.55. The van der Waals surface area contributed by atoms with E-state index < -0.39 is 24.6 Å². The van der Waals surface area contributed by atoms with Gasteiger partial charge in [0.2, 0.25) is 6.10 Å². The minimum atomic E-state index is -0.933. The predicted octanol–water partition coefficient (Wildman–Crippen LogP) is 2.32. The Labute approximate surface area is 156 Å². The first kappa shape index (κ1) is 18.3. The predicted molar refractivity (Wildman–Crippen MR) is 96.3 cm³/mol. The van der Waals surface area contributed by atoms with Crippen LogP contribution in [0, 0.1) is 11.3 Å². The fourth-order valence-corrected chi connectivity index (χ4v) is 2.61. The van der Waals surface area contributed by atoms with Gasteiger partial charge in [-0.1, -0.05) is 30.3 Å². The molecule has 1 aliphatic heterocycles. The highest BCUT2D eigenvalue weighted by atomic mass is 16.6. The van der Waals surface area contributed by atoms with Crippen LogP contribution < -0.4 is 14.4 Å². The molecule has 2 aromatic carbocycles. The van der Waals surface area contributed by atoms with E-state index in [1.165, 1.54) is 4.90 Å². The van der Waals surface area contributed by atoms with Gasteiger partial charge in [-0.05, 0) is 24.3 Å². The molecule has 0 spiro atoms. The molecule has 1 amide bonds. The fourth-order valence-electron chi connectivity index (χ4n) is 2.61. The van der Waals surface area contributed by atoms with Gasteiger partial charge >= 0.3 is 5.97 Å². The van der Waals surface area contributed by atoms with E-state index in [1.54, 1.807) is 48.5 Å². The largest absolute Gasteiger partial charge is 0.485 e. The van der Waals surface area contributed by atoms with Crippen molar-refractivity contribution in [2.45, 2.75) is 12.5 Å². The summed E-state index contributed by atoms with van der Waals surface area (Å²) in [5, 5.41) is 8.81. The smallest absolute Gasteiger partial charge is 0.351 e. The first-order chi connectivity index (χ1) is 13.2. The molecule has 0 unspecified atom stereocenters. The number of esters is 1. The fraction of sp³-hybridized carbons (Fsp3) is 0.250. The van der Waals surface area contributed by atoms with E-state index in [-0.39, 0.29) is 19.6 Å². The number of fused-ring (bicyclic) bond motifs is 1. The van der Waals surface area contributed by atoms with Crippen LogP contribution in [-0.2, 0) is 14.3 Å². The van der Waals surface area contributed by atoms with E-state index >= 15 is 0 Å². The Morgan fingerprint density at radius 1 is 1.11 bits per heavy atom. The molecule has 1 atom stereocenters. The topological polar surface area (TPSA) is 88.9 Å². The summed E-state index contributed by atoms with van der Waals surface area (Å²) >= 11 is 0. The van der Waals surface area contributed by atoms with E-state index in [0.717, 1.165) is 0 Å². The number of anilines is 1. The average Bonchev–Trinajstić information content (AvgIpc) is 2.72. The highest BCUT2D eigenvalue weighted by Crippen LogP contribution is 2.31. The summed E-state index contributed by atoms with van der Waals surface area (Å²) in [6.07, 6.45) is -0.762. The molecule has 3 rings (SSSR count). The number of ether oxygens (including phenoxy) is 3. The number of benzene rings is 2. The number of hydrogen-bond acceptors (Lipinski definition) is 6. The average molecular weight is 366 g/mol. The first-order valence-corrected chi connectivity index (χ1v) is 8.46. The molecule has 0 aliphatic carbocycles. The second-order valence-corrected chi connectivity index (χ2v) is 5.76. The number of amides is 1. The number of rotatable bonds is 6. The molecule has 0 bridgehead atoms. The monoisotopic (exact) mass is 366 g/mol. The van der Waals surface area contributed by atoms with Gasteiger partial charge in [0.05, 0.1) is 12.5 Å². The number of carbonyl (C=O) groups is 2. The van der Waals surface area contributed by atoms with E-state index in [4.69, 9.17) is 19.5 Å². The van der Waals surface area contributed by atoms with Crippen molar-refractivity contribution in [1.29, 1.82) is 5.26 Å². The van der Waals surface area contributed by atoms with Gasteiger partial charge in [0.15, 0.2) is 18.1 Å². The highest BCUT2D eigenvalue weighted by Gasteiger charge is 2.29. The normalized spacial score (nSPS) is 14.7. The van der Waals surface area contributed by atoms with Crippen LogP contribution in [0.5, 0.6) is 11.5 Å². The van der Waals surface area contributed by atoms with Crippen molar-refractivity contribution in [3.63, 3.8) is 0 Å². The van der Waals surface area contributed by atoms with Gasteiger partial charge in [-0.2, -0.15) is 5.26 Å². The Morgan fingerprint density at radius 2 is 1.81 bits per heavy atom. The molecule has 7 nitrogen and oxygen atoms in total. The van der Waals surface area contributed by atoms with E-state index in [9.17, 15) is 9.59 Å². The minimum Gasteiger partial charge on any atom is -0.485 e. The molecule has 0 aromatic heterocycles. The molecule has 1 aliphatic rings. The first-order valence-electron chi connectivity index (χ1n) is 8.46. The lowest BCUT2D eigenvalue weighted by atomic mass is 10.2. The zero-order chi connectivity index (χ0) is 19.1. The van der Waals surface area contributed by atoms with Crippen molar-refractivity contribution in [2.75, 3.05) is 24.7 Å². The van der Waals surface area contributed by atoms with Crippen LogP contribution >= 0.6 is 0 Å². The number of nitriles is 1. The molecule has 0 saturated carbocycles. The molecule has 27 heavy (non-hydrogen) atoms. The summed E-state index contributed by atoms with van der Waals surface area (Å²) in [7, 11) is 0. The van der Waals surface area contributed by atoms with Crippen LogP contribution in [0.25, 0.3) is 0 Å². The van der Waals surface area contributed by atoms with Crippen LogP contribution in [0.4, 0.5) is 5.69 Å². The number of hydrogen-bond donors (Lipinski definition) is 0. The zero-order valence-electron chi connectivity index (χ0n) is 14.5. The minimum absolute atomic E-state index is 0.0148. The Balaban J connectivity index is 1.58. The maximum atomic E-state index is 12.5. The molecule has 2 aromatic rings. The second-order valence-electron chi connectivity index (χ2n) is 5.76. The van der Waals surface area contributed by atoms with Crippen molar-refractivity contribution in [1.82, 2.24) is 0 Å². The number of carbonyl (C=O) groups excluding carboxylic acids is 2. The Bertz CT molecular complexity index is 847. The summed E-state index contributed by atoms with van der Waals surface area (Å²) in [6, 6.07) is 17.9. The van der Waals surface area contributed by atoms with E-state index in [1.807, 2.05) is 12.1 Å². The Hall–Kier alpha value is -3.53. The zero-order valence-corrected chi connectivity index (χ0v) is 14.5. The third-order valence-electron chi connectivity index (χ3n) is 3.93. The molecule has 7 heteroatoms. The lowest BCUT2D eigenvalue weighted by Gasteiger charge is -2.25. The SMILES string of the molecule is N#CCCN(C(=O)COC(=O)[C@@H]1COc2ccccc2O1)c1ccccc1. The van der Waals surface area contributed by atoms with Crippen LogP contribution in [0.2, 0.25) is 0 Å². The maximum Gasteiger partial charge on any atom is 0.351 e. The third-order valence-corrected chi connectivity index (χ3v) is 3.93. The van der Waals surface area contributed by atoms with Gasteiger partial charge in [0.25, 0.3) is 5.91 Å².